The molecule has 1 saturated heterocycles. The number of hydrogen-bond acceptors (Lipinski definition) is 4. The summed E-state index contributed by atoms with van der Waals surface area (Å²) in [4.78, 5) is 4.41. The van der Waals surface area contributed by atoms with Gasteiger partial charge in [0.05, 0.1) is 19.8 Å². The number of nitrogens with zero attached hydrogens (tertiary/aromatic N) is 1. The highest BCUT2D eigenvalue weighted by molar-refractivity contribution is 5.77. The number of rotatable bonds is 8. The second-order valence-corrected chi connectivity index (χ2v) is 6.81. The summed E-state index contributed by atoms with van der Waals surface area (Å²) in [7, 11) is 1.65. The van der Waals surface area contributed by atoms with Crippen molar-refractivity contribution in [3.8, 4) is 11.5 Å². The predicted molar refractivity (Wildman–Crippen MR) is 98.1 cm³/mol. The van der Waals surface area contributed by atoms with Crippen LogP contribution in [0, 0.1) is 5.92 Å². The van der Waals surface area contributed by atoms with Crippen molar-refractivity contribution in [2.24, 2.45) is 16.6 Å². The molecule has 1 heterocycles. The van der Waals surface area contributed by atoms with Crippen LogP contribution in [0.4, 0.5) is 0 Å². The maximum atomic E-state index is 5.94. The normalized spacial score (nSPS) is 21.0. The van der Waals surface area contributed by atoms with E-state index in [4.69, 9.17) is 19.9 Å². The Hall–Kier alpha value is -1.95. The van der Waals surface area contributed by atoms with Gasteiger partial charge in [0, 0.05) is 13.2 Å². The minimum atomic E-state index is 0.190. The Morgan fingerprint density at radius 2 is 2.16 bits per heavy atom. The molecule has 2 aliphatic rings. The van der Waals surface area contributed by atoms with Gasteiger partial charge in [-0.1, -0.05) is 12.5 Å². The third-order valence-corrected chi connectivity index (χ3v) is 4.91. The number of aliphatic imine (C=N–C) groups is 1. The Morgan fingerprint density at radius 1 is 1.28 bits per heavy atom. The Kier molecular flexibility index (Phi) is 6.39. The van der Waals surface area contributed by atoms with Gasteiger partial charge in [-0.2, -0.15) is 0 Å². The van der Waals surface area contributed by atoms with Crippen molar-refractivity contribution >= 4 is 5.96 Å². The summed E-state index contributed by atoms with van der Waals surface area (Å²) in [6.07, 6.45) is 6.29. The molecule has 1 aliphatic carbocycles. The van der Waals surface area contributed by atoms with Crippen molar-refractivity contribution in [2.45, 2.75) is 44.8 Å². The number of benzene rings is 1. The first-order chi connectivity index (χ1) is 12.2. The highest BCUT2D eigenvalue weighted by Gasteiger charge is 2.18. The Balaban J connectivity index is 1.50. The zero-order chi connectivity index (χ0) is 17.5. The topological polar surface area (TPSA) is 78.1 Å². The fourth-order valence-corrected chi connectivity index (χ4v) is 3.07. The van der Waals surface area contributed by atoms with E-state index in [0.29, 0.717) is 24.9 Å². The van der Waals surface area contributed by atoms with E-state index < -0.39 is 0 Å². The first-order valence-electron chi connectivity index (χ1n) is 9.19. The van der Waals surface area contributed by atoms with Crippen LogP contribution in [0.25, 0.3) is 0 Å². The zero-order valence-electron chi connectivity index (χ0n) is 15.0. The van der Waals surface area contributed by atoms with Crippen LogP contribution in [0.2, 0.25) is 0 Å². The minimum Gasteiger partial charge on any atom is -0.493 e. The van der Waals surface area contributed by atoms with Gasteiger partial charge in [0.15, 0.2) is 17.5 Å². The van der Waals surface area contributed by atoms with Crippen molar-refractivity contribution in [2.75, 3.05) is 26.9 Å². The number of hydrogen-bond donors (Lipinski definition) is 2. The van der Waals surface area contributed by atoms with Gasteiger partial charge in [0.25, 0.3) is 0 Å². The summed E-state index contributed by atoms with van der Waals surface area (Å²) in [6, 6.07) is 5.88. The van der Waals surface area contributed by atoms with E-state index in [1.165, 1.54) is 19.3 Å². The average Bonchev–Trinajstić information content (AvgIpc) is 3.10. The lowest BCUT2D eigenvalue weighted by Crippen LogP contribution is -2.37. The monoisotopic (exact) mass is 347 g/mol. The molecule has 2 fully saturated rings. The molecule has 1 aromatic rings. The van der Waals surface area contributed by atoms with Crippen molar-refractivity contribution in [1.82, 2.24) is 5.32 Å². The molecule has 1 saturated carbocycles. The minimum absolute atomic E-state index is 0.190. The van der Waals surface area contributed by atoms with Crippen LogP contribution in [-0.2, 0) is 11.3 Å². The van der Waals surface area contributed by atoms with Crippen molar-refractivity contribution < 1.29 is 14.2 Å². The van der Waals surface area contributed by atoms with E-state index in [9.17, 15) is 0 Å². The first-order valence-corrected chi connectivity index (χ1v) is 9.19. The van der Waals surface area contributed by atoms with E-state index in [2.05, 4.69) is 10.3 Å². The van der Waals surface area contributed by atoms with Crippen LogP contribution in [0.5, 0.6) is 11.5 Å². The number of ether oxygens (including phenoxy) is 3. The molecule has 0 aromatic heterocycles. The quantitative estimate of drug-likeness (QED) is 0.558. The Morgan fingerprint density at radius 3 is 2.84 bits per heavy atom. The maximum absolute atomic E-state index is 5.94. The van der Waals surface area contributed by atoms with Crippen LogP contribution in [0.15, 0.2) is 23.2 Å². The van der Waals surface area contributed by atoms with Gasteiger partial charge >= 0.3 is 0 Å². The van der Waals surface area contributed by atoms with Gasteiger partial charge in [0.1, 0.15) is 6.61 Å². The molecule has 25 heavy (non-hydrogen) atoms. The van der Waals surface area contributed by atoms with Crippen LogP contribution in [0.1, 0.15) is 37.7 Å². The van der Waals surface area contributed by atoms with E-state index in [1.54, 1.807) is 7.11 Å². The van der Waals surface area contributed by atoms with E-state index in [0.717, 1.165) is 43.2 Å². The fourth-order valence-electron chi connectivity index (χ4n) is 3.07. The number of nitrogens with one attached hydrogen (secondary N) is 1. The molecule has 0 bridgehead atoms. The molecule has 6 heteroatoms. The van der Waals surface area contributed by atoms with Gasteiger partial charge in [-0.3, -0.25) is 0 Å². The molecule has 3 N–H and O–H groups in total. The SMILES string of the molecule is COc1cc(CN=C(N)NCC2CCC2)ccc1OCC1CCCO1. The lowest BCUT2D eigenvalue weighted by Gasteiger charge is -2.25. The lowest BCUT2D eigenvalue weighted by molar-refractivity contribution is 0.0669. The van der Waals surface area contributed by atoms with Crippen LogP contribution in [0.3, 0.4) is 0 Å². The summed E-state index contributed by atoms with van der Waals surface area (Å²) in [5.41, 5.74) is 6.97. The summed E-state index contributed by atoms with van der Waals surface area (Å²) >= 11 is 0. The molecule has 1 atom stereocenters. The molecule has 6 nitrogen and oxygen atoms in total. The molecule has 138 valence electrons. The molecule has 0 amide bonds. The summed E-state index contributed by atoms with van der Waals surface area (Å²) in [6.45, 7) is 2.84. The maximum Gasteiger partial charge on any atom is 0.188 e. The van der Waals surface area contributed by atoms with Gasteiger partial charge in [-0.25, -0.2) is 4.99 Å². The first kappa shape index (κ1) is 17.9. The summed E-state index contributed by atoms with van der Waals surface area (Å²) in [5.74, 6) is 2.72. The lowest BCUT2D eigenvalue weighted by atomic mass is 9.85. The van der Waals surface area contributed by atoms with Crippen molar-refractivity contribution in [3.05, 3.63) is 23.8 Å². The molecule has 3 rings (SSSR count). The molecular formula is C19H29N3O3. The summed E-state index contributed by atoms with van der Waals surface area (Å²) < 4.78 is 16.9. The predicted octanol–water partition coefficient (Wildman–Crippen LogP) is 2.46. The van der Waals surface area contributed by atoms with Crippen LogP contribution < -0.4 is 20.5 Å². The van der Waals surface area contributed by atoms with Crippen molar-refractivity contribution in [1.29, 1.82) is 0 Å². The largest absolute Gasteiger partial charge is 0.493 e. The molecule has 0 spiro atoms. The highest BCUT2D eigenvalue weighted by atomic mass is 16.5. The highest BCUT2D eigenvalue weighted by Crippen LogP contribution is 2.29. The second kappa shape index (κ2) is 8.94. The van der Waals surface area contributed by atoms with Gasteiger partial charge in [0.2, 0.25) is 0 Å². The van der Waals surface area contributed by atoms with E-state index in [-0.39, 0.29) is 6.10 Å². The number of methoxy groups -OCH3 is 1. The van der Waals surface area contributed by atoms with Gasteiger partial charge in [-0.05, 0) is 49.3 Å². The fraction of sp³-hybridized carbons (Fsp3) is 0.632. The van der Waals surface area contributed by atoms with E-state index >= 15 is 0 Å². The molecular weight excluding hydrogens is 318 g/mol. The van der Waals surface area contributed by atoms with Crippen molar-refractivity contribution in [3.63, 3.8) is 0 Å². The zero-order valence-corrected chi connectivity index (χ0v) is 15.0. The third kappa shape index (κ3) is 5.26. The smallest absolute Gasteiger partial charge is 0.188 e. The molecule has 0 radical (unpaired) electrons. The second-order valence-electron chi connectivity index (χ2n) is 6.81. The standard InChI is InChI=1S/C19H29N3O3/c1-23-18-10-15(12-22-19(20)21-11-14-4-2-5-14)7-8-17(18)25-13-16-6-3-9-24-16/h7-8,10,14,16H,2-6,9,11-13H2,1H3,(H3,20,21,22). The van der Waals surface area contributed by atoms with Crippen LogP contribution in [-0.4, -0.2) is 38.9 Å². The van der Waals surface area contributed by atoms with Gasteiger partial charge in [-0.15, -0.1) is 0 Å². The average molecular weight is 347 g/mol. The Labute approximate surface area is 149 Å². The van der Waals surface area contributed by atoms with E-state index in [1.807, 2.05) is 18.2 Å². The molecule has 1 aromatic carbocycles. The van der Waals surface area contributed by atoms with Gasteiger partial charge < -0.3 is 25.3 Å². The molecule has 1 aliphatic heterocycles. The van der Waals surface area contributed by atoms with Crippen LogP contribution >= 0.6 is 0 Å². The Bertz CT molecular complexity index is 581. The number of guanidine groups is 1. The molecule has 1 unspecified atom stereocenters. The third-order valence-electron chi connectivity index (χ3n) is 4.91. The number of nitrogens with two attached hydrogens (primary N) is 1. The summed E-state index contributed by atoms with van der Waals surface area (Å²) in [5, 5.41) is 3.20.